The van der Waals surface area contributed by atoms with Gasteiger partial charge < -0.3 is 15.5 Å². The van der Waals surface area contributed by atoms with Crippen LogP contribution in [0, 0.1) is 0 Å². The quantitative estimate of drug-likeness (QED) is 0.561. The molecule has 6 nitrogen and oxygen atoms in total. The highest BCUT2D eigenvalue weighted by Crippen LogP contribution is 2.03. The average Bonchev–Trinajstić information content (AvgIpc) is 2.68. The van der Waals surface area contributed by atoms with Gasteiger partial charge in [0.1, 0.15) is 0 Å². The molecule has 1 aromatic heterocycles. The summed E-state index contributed by atoms with van der Waals surface area (Å²) in [6.07, 6.45) is 3.03. The zero-order valence-electron chi connectivity index (χ0n) is 15.5. The number of pyridine rings is 1. The number of aliphatic imine (C=N–C) groups is 1. The molecule has 1 heterocycles. The molecule has 0 fully saturated rings. The van der Waals surface area contributed by atoms with Crippen LogP contribution in [0.25, 0.3) is 0 Å². The average molecular weight is 353 g/mol. The fourth-order valence-corrected chi connectivity index (χ4v) is 2.50. The second-order valence-corrected chi connectivity index (χ2v) is 5.98. The summed E-state index contributed by atoms with van der Waals surface area (Å²) in [6.45, 7) is 1.90. The molecule has 0 spiro atoms. The lowest BCUT2D eigenvalue weighted by Gasteiger charge is -2.18. The largest absolute Gasteiger partial charge is 0.356 e. The molecule has 1 amide bonds. The first-order valence-electron chi connectivity index (χ1n) is 8.81. The summed E-state index contributed by atoms with van der Waals surface area (Å²) in [5.74, 6) is 0.796. The standard InChI is InChI=1S/C20H27N5O/c1-21-20(23-14-11-18-10-6-7-13-22-18)24-15-12-19(26)25(2)16-17-8-4-3-5-9-17/h3-10,13H,11-12,14-16H2,1-2H3,(H2,21,23,24). The minimum atomic E-state index is 0.102. The molecule has 0 saturated carbocycles. The van der Waals surface area contributed by atoms with Crippen molar-refractivity contribution in [3.8, 4) is 0 Å². The van der Waals surface area contributed by atoms with Crippen molar-refractivity contribution in [2.45, 2.75) is 19.4 Å². The topological polar surface area (TPSA) is 69.6 Å². The molecule has 0 aliphatic rings. The Morgan fingerprint density at radius 3 is 2.50 bits per heavy atom. The molecule has 26 heavy (non-hydrogen) atoms. The number of amides is 1. The summed E-state index contributed by atoms with van der Waals surface area (Å²) in [5.41, 5.74) is 2.16. The number of carbonyl (C=O) groups is 1. The summed E-state index contributed by atoms with van der Waals surface area (Å²) in [6, 6.07) is 15.9. The molecule has 0 bridgehead atoms. The van der Waals surface area contributed by atoms with Crippen molar-refractivity contribution in [1.82, 2.24) is 20.5 Å². The number of nitrogens with zero attached hydrogens (tertiary/aromatic N) is 3. The molecule has 138 valence electrons. The third-order valence-electron chi connectivity index (χ3n) is 3.94. The van der Waals surface area contributed by atoms with Crippen LogP contribution >= 0.6 is 0 Å². The number of aromatic nitrogens is 1. The zero-order chi connectivity index (χ0) is 18.6. The highest BCUT2D eigenvalue weighted by Gasteiger charge is 2.09. The molecule has 0 unspecified atom stereocenters. The number of hydrogen-bond donors (Lipinski definition) is 2. The maximum absolute atomic E-state index is 12.2. The van der Waals surface area contributed by atoms with Crippen molar-refractivity contribution in [1.29, 1.82) is 0 Å². The van der Waals surface area contributed by atoms with Crippen molar-refractivity contribution in [2.24, 2.45) is 4.99 Å². The maximum atomic E-state index is 12.2. The lowest BCUT2D eigenvalue weighted by atomic mass is 10.2. The predicted octanol–water partition coefficient (Wildman–Crippen LogP) is 1.84. The van der Waals surface area contributed by atoms with Gasteiger partial charge in [0.05, 0.1) is 0 Å². The molecule has 0 aliphatic heterocycles. The van der Waals surface area contributed by atoms with Crippen LogP contribution in [-0.2, 0) is 17.8 Å². The summed E-state index contributed by atoms with van der Waals surface area (Å²) >= 11 is 0. The molecule has 2 aromatic rings. The molecule has 0 aliphatic carbocycles. The number of benzene rings is 1. The van der Waals surface area contributed by atoms with E-state index in [1.165, 1.54) is 0 Å². The third-order valence-corrected chi connectivity index (χ3v) is 3.94. The summed E-state index contributed by atoms with van der Waals surface area (Å²) in [4.78, 5) is 22.4. The van der Waals surface area contributed by atoms with Crippen LogP contribution < -0.4 is 10.6 Å². The van der Waals surface area contributed by atoms with Crippen LogP contribution in [0.15, 0.2) is 59.7 Å². The first kappa shape index (κ1) is 19.4. The van der Waals surface area contributed by atoms with E-state index in [0.717, 1.165) is 24.2 Å². The Bertz CT molecular complexity index is 688. The van der Waals surface area contributed by atoms with Gasteiger partial charge in [-0.15, -0.1) is 0 Å². The second kappa shape index (κ2) is 10.9. The van der Waals surface area contributed by atoms with E-state index in [-0.39, 0.29) is 5.91 Å². The van der Waals surface area contributed by atoms with Crippen LogP contribution in [0.5, 0.6) is 0 Å². The Morgan fingerprint density at radius 2 is 1.81 bits per heavy atom. The van der Waals surface area contributed by atoms with E-state index in [1.54, 1.807) is 18.1 Å². The van der Waals surface area contributed by atoms with E-state index in [2.05, 4.69) is 20.6 Å². The first-order chi connectivity index (χ1) is 12.7. The van der Waals surface area contributed by atoms with Gasteiger partial charge in [0, 0.05) is 58.5 Å². The fraction of sp³-hybridized carbons (Fsp3) is 0.350. The minimum absolute atomic E-state index is 0.102. The van der Waals surface area contributed by atoms with Gasteiger partial charge in [-0.25, -0.2) is 0 Å². The number of nitrogens with one attached hydrogen (secondary N) is 2. The molecular formula is C20H27N5O. The molecule has 0 atom stereocenters. The van der Waals surface area contributed by atoms with E-state index in [4.69, 9.17) is 0 Å². The van der Waals surface area contributed by atoms with Gasteiger partial charge in [-0.2, -0.15) is 0 Å². The van der Waals surface area contributed by atoms with Gasteiger partial charge in [0.25, 0.3) is 0 Å². The van der Waals surface area contributed by atoms with Crippen LogP contribution in [0.2, 0.25) is 0 Å². The highest BCUT2D eigenvalue weighted by molar-refractivity contribution is 5.81. The first-order valence-corrected chi connectivity index (χ1v) is 8.81. The number of rotatable bonds is 8. The van der Waals surface area contributed by atoms with Crippen LogP contribution in [0.3, 0.4) is 0 Å². The number of hydrogen-bond acceptors (Lipinski definition) is 3. The van der Waals surface area contributed by atoms with Crippen molar-refractivity contribution < 1.29 is 4.79 Å². The number of guanidine groups is 1. The van der Waals surface area contributed by atoms with Crippen LogP contribution in [0.1, 0.15) is 17.7 Å². The Hall–Kier alpha value is -2.89. The maximum Gasteiger partial charge on any atom is 0.224 e. The molecule has 0 radical (unpaired) electrons. The van der Waals surface area contributed by atoms with E-state index in [0.29, 0.717) is 25.5 Å². The SMILES string of the molecule is CN=C(NCCC(=O)N(C)Cc1ccccc1)NCCc1ccccn1. The van der Waals surface area contributed by atoms with Crippen molar-refractivity contribution >= 4 is 11.9 Å². The van der Waals surface area contributed by atoms with Gasteiger partial charge in [0.2, 0.25) is 5.91 Å². The van der Waals surface area contributed by atoms with Gasteiger partial charge in [0.15, 0.2) is 5.96 Å². The fourth-order valence-electron chi connectivity index (χ4n) is 2.50. The predicted molar refractivity (Wildman–Crippen MR) is 105 cm³/mol. The molecule has 2 rings (SSSR count). The zero-order valence-corrected chi connectivity index (χ0v) is 15.5. The van der Waals surface area contributed by atoms with Gasteiger partial charge >= 0.3 is 0 Å². The highest BCUT2D eigenvalue weighted by atomic mass is 16.2. The molecule has 2 N–H and O–H groups in total. The Balaban J connectivity index is 1.65. The molecular weight excluding hydrogens is 326 g/mol. The van der Waals surface area contributed by atoms with Crippen LogP contribution in [-0.4, -0.2) is 48.9 Å². The molecule has 0 saturated heterocycles. The van der Waals surface area contributed by atoms with Crippen molar-refractivity contribution in [3.63, 3.8) is 0 Å². The summed E-state index contributed by atoms with van der Waals surface area (Å²) < 4.78 is 0. The van der Waals surface area contributed by atoms with Gasteiger partial charge in [-0.1, -0.05) is 36.4 Å². The minimum Gasteiger partial charge on any atom is -0.356 e. The van der Waals surface area contributed by atoms with Crippen molar-refractivity contribution in [3.05, 3.63) is 66.0 Å². The lowest BCUT2D eigenvalue weighted by Crippen LogP contribution is -2.40. The van der Waals surface area contributed by atoms with E-state index < -0.39 is 0 Å². The molecule has 6 heteroatoms. The third kappa shape index (κ3) is 6.93. The normalized spacial score (nSPS) is 11.1. The second-order valence-electron chi connectivity index (χ2n) is 5.98. The number of carbonyl (C=O) groups excluding carboxylic acids is 1. The monoisotopic (exact) mass is 353 g/mol. The molecule has 1 aromatic carbocycles. The Labute approximate surface area is 155 Å². The van der Waals surface area contributed by atoms with E-state index in [9.17, 15) is 4.79 Å². The van der Waals surface area contributed by atoms with E-state index in [1.807, 2.05) is 55.6 Å². The van der Waals surface area contributed by atoms with Gasteiger partial charge in [-0.3, -0.25) is 14.8 Å². The van der Waals surface area contributed by atoms with Gasteiger partial charge in [-0.05, 0) is 17.7 Å². The van der Waals surface area contributed by atoms with Crippen molar-refractivity contribution in [2.75, 3.05) is 27.2 Å². The van der Waals surface area contributed by atoms with Crippen LogP contribution in [0.4, 0.5) is 0 Å². The Kier molecular flexibility index (Phi) is 8.12. The summed E-state index contributed by atoms with van der Waals surface area (Å²) in [7, 11) is 3.55. The summed E-state index contributed by atoms with van der Waals surface area (Å²) in [5, 5.41) is 6.41. The smallest absolute Gasteiger partial charge is 0.224 e. The Morgan fingerprint density at radius 1 is 1.08 bits per heavy atom. The van der Waals surface area contributed by atoms with E-state index >= 15 is 0 Å². The lowest BCUT2D eigenvalue weighted by molar-refractivity contribution is -0.130.